The van der Waals surface area contributed by atoms with Gasteiger partial charge < -0.3 is 20.9 Å². The van der Waals surface area contributed by atoms with Gasteiger partial charge >= 0.3 is 0 Å². The number of carbonyl (C=O) groups is 1. The van der Waals surface area contributed by atoms with Gasteiger partial charge in [-0.3, -0.25) is 4.79 Å². The van der Waals surface area contributed by atoms with Gasteiger partial charge in [0.25, 0.3) is 0 Å². The molecule has 0 spiro atoms. The number of hydrogen-bond donors (Lipinski definition) is 3. The van der Waals surface area contributed by atoms with E-state index in [9.17, 15) is 4.79 Å². The Bertz CT molecular complexity index is 760. The average molecular weight is 415 g/mol. The molecular formula is C16H21BrClN5O. The quantitative estimate of drug-likeness (QED) is 0.720. The molecule has 1 aliphatic heterocycles. The molecule has 1 aliphatic carbocycles. The molecule has 2 fully saturated rings. The number of aromatic amines is 1. The molecule has 0 bridgehead atoms. The van der Waals surface area contributed by atoms with Crippen molar-refractivity contribution in [3.05, 3.63) is 16.9 Å². The summed E-state index contributed by atoms with van der Waals surface area (Å²) in [6.45, 7) is 1.78. The molecule has 0 radical (unpaired) electrons. The summed E-state index contributed by atoms with van der Waals surface area (Å²) in [5.41, 5.74) is 8.81. The Kier molecular flexibility index (Phi) is 5.03. The molecule has 2 aromatic rings. The van der Waals surface area contributed by atoms with E-state index in [1.54, 1.807) is 6.20 Å². The van der Waals surface area contributed by atoms with Crippen LogP contribution in [0.1, 0.15) is 25.7 Å². The van der Waals surface area contributed by atoms with E-state index >= 15 is 0 Å². The van der Waals surface area contributed by atoms with Crippen LogP contribution in [0, 0.1) is 5.92 Å². The van der Waals surface area contributed by atoms with Crippen molar-refractivity contribution in [2.45, 2.75) is 31.7 Å². The van der Waals surface area contributed by atoms with Crippen molar-refractivity contribution in [1.82, 2.24) is 9.97 Å². The molecular weight excluding hydrogens is 394 g/mol. The smallest absolute Gasteiger partial charge is 0.227 e. The van der Waals surface area contributed by atoms with Crippen LogP contribution >= 0.6 is 28.3 Å². The highest BCUT2D eigenvalue weighted by atomic mass is 79.9. The maximum absolute atomic E-state index is 12.2. The van der Waals surface area contributed by atoms with E-state index < -0.39 is 0 Å². The lowest BCUT2D eigenvalue weighted by Crippen LogP contribution is -2.43. The molecule has 1 unspecified atom stereocenters. The second-order valence-corrected chi connectivity index (χ2v) is 7.35. The Balaban J connectivity index is 0.00000169. The van der Waals surface area contributed by atoms with Gasteiger partial charge in [-0.25, -0.2) is 4.98 Å². The van der Waals surface area contributed by atoms with E-state index in [0.29, 0.717) is 0 Å². The maximum atomic E-state index is 12.2. The van der Waals surface area contributed by atoms with Crippen LogP contribution < -0.4 is 16.0 Å². The number of rotatable bonds is 3. The third-order valence-electron chi connectivity index (χ3n) is 4.61. The first-order valence-corrected chi connectivity index (χ1v) is 8.89. The number of pyridine rings is 1. The first-order chi connectivity index (χ1) is 11.1. The van der Waals surface area contributed by atoms with Crippen LogP contribution in [0.2, 0.25) is 0 Å². The largest absolute Gasteiger partial charge is 0.368 e. The number of hydrogen-bond acceptors (Lipinski definition) is 4. The molecule has 1 atom stereocenters. The summed E-state index contributed by atoms with van der Waals surface area (Å²) in [4.78, 5) is 22.0. The molecule has 24 heavy (non-hydrogen) atoms. The first-order valence-electron chi connectivity index (χ1n) is 8.10. The average Bonchev–Trinajstić information content (AvgIpc) is 3.31. The zero-order valence-corrected chi connectivity index (χ0v) is 15.6. The third-order valence-corrected chi connectivity index (χ3v) is 5.19. The number of aromatic nitrogens is 2. The maximum Gasteiger partial charge on any atom is 0.227 e. The molecule has 1 saturated carbocycles. The van der Waals surface area contributed by atoms with Crippen molar-refractivity contribution in [2.24, 2.45) is 11.7 Å². The third kappa shape index (κ3) is 3.25. The Labute approximate surface area is 155 Å². The van der Waals surface area contributed by atoms with Gasteiger partial charge in [0.15, 0.2) is 0 Å². The van der Waals surface area contributed by atoms with Crippen molar-refractivity contribution in [1.29, 1.82) is 0 Å². The molecule has 6 nitrogen and oxygen atoms in total. The van der Waals surface area contributed by atoms with Gasteiger partial charge in [0.05, 0.1) is 21.2 Å². The van der Waals surface area contributed by atoms with Crippen molar-refractivity contribution < 1.29 is 4.79 Å². The number of amides is 1. The van der Waals surface area contributed by atoms with E-state index in [4.69, 9.17) is 5.73 Å². The highest BCUT2D eigenvalue weighted by molar-refractivity contribution is 9.10. The number of piperidine rings is 1. The van der Waals surface area contributed by atoms with Crippen LogP contribution in [-0.4, -0.2) is 35.0 Å². The van der Waals surface area contributed by atoms with Gasteiger partial charge in [-0.2, -0.15) is 0 Å². The molecule has 0 aromatic carbocycles. The highest BCUT2D eigenvalue weighted by Crippen LogP contribution is 2.39. The SMILES string of the molecule is Cl.NC1CCCN(c2c(Br)cnc3[nH]cc(NC(=O)C4CC4)c23)C1. The van der Waals surface area contributed by atoms with Gasteiger partial charge in [0.2, 0.25) is 5.91 Å². The monoisotopic (exact) mass is 413 g/mol. The summed E-state index contributed by atoms with van der Waals surface area (Å²) in [5, 5.41) is 4.02. The van der Waals surface area contributed by atoms with Crippen LogP contribution in [0.25, 0.3) is 11.0 Å². The van der Waals surface area contributed by atoms with Crippen LogP contribution in [-0.2, 0) is 4.79 Å². The fourth-order valence-electron chi connectivity index (χ4n) is 3.26. The summed E-state index contributed by atoms with van der Waals surface area (Å²) in [7, 11) is 0. The van der Waals surface area contributed by atoms with Gasteiger partial charge in [0, 0.05) is 37.4 Å². The number of carbonyl (C=O) groups excluding carboxylic acids is 1. The van der Waals surface area contributed by atoms with E-state index in [-0.39, 0.29) is 30.3 Å². The minimum atomic E-state index is 0. The van der Waals surface area contributed by atoms with Crippen LogP contribution in [0.3, 0.4) is 0 Å². The lowest BCUT2D eigenvalue weighted by molar-refractivity contribution is -0.117. The number of nitrogens with two attached hydrogens (primary N) is 1. The van der Waals surface area contributed by atoms with Crippen LogP contribution in [0.15, 0.2) is 16.9 Å². The van der Waals surface area contributed by atoms with Crippen molar-refractivity contribution in [3.8, 4) is 0 Å². The molecule has 8 heteroatoms. The Morgan fingerprint density at radius 3 is 2.92 bits per heavy atom. The second-order valence-electron chi connectivity index (χ2n) is 6.49. The Morgan fingerprint density at radius 2 is 2.21 bits per heavy atom. The molecule has 1 saturated heterocycles. The molecule has 130 valence electrons. The molecule has 2 aliphatic rings. The fourth-order valence-corrected chi connectivity index (χ4v) is 3.81. The molecule has 4 rings (SSSR count). The minimum Gasteiger partial charge on any atom is -0.368 e. The number of H-pyrrole nitrogens is 1. The number of fused-ring (bicyclic) bond motifs is 1. The summed E-state index contributed by atoms with van der Waals surface area (Å²) < 4.78 is 0.931. The molecule has 3 heterocycles. The van der Waals surface area contributed by atoms with E-state index in [0.717, 1.165) is 65.7 Å². The van der Waals surface area contributed by atoms with Crippen molar-refractivity contribution in [2.75, 3.05) is 23.3 Å². The first kappa shape index (κ1) is 17.5. The lowest BCUT2D eigenvalue weighted by Gasteiger charge is -2.33. The second kappa shape index (κ2) is 6.90. The fraction of sp³-hybridized carbons (Fsp3) is 0.500. The standard InChI is InChI=1S/C16H20BrN5O.ClH/c17-11-6-19-15-13(14(11)22-5-1-2-10(18)8-22)12(7-20-15)21-16(23)9-3-4-9;/h6-7,9-10H,1-5,8,18H2,(H,19,20)(H,21,23);1H. The summed E-state index contributed by atoms with van der Waals surface area (Å²) >= 11 is 3.63. The summed E-state index contributed by atoms with van der Waals surface area (Å²) in [6.07, 6.45) is 7.75. The molecule has 2 aromatic heterocycles. The molecule has 1 amide bonds. The Morgan fingerprint density at radius 1 is 1.42 bits per heavy atom. The zero-order valence-electron chi connectivity index (χ0n) is 13.2. The number of halogens is 2. The minimum absolute atomic E-state index is 0. The summed E-state index contributed by atoms with van der Waals surface area (Å²) in [5.74, 6) is 0.277. The topological polar surface area (TPSA) is 87.0 Å². The normalized spacial score (nSPS) is 20.8. The zero-order chi connectivity index (χ0) is 16.0. The predicted molar refractivity (Wildman–Crippen MR) is 102 cm³/mol. The van der Waals surface area contributed by atoms with Gasteiger partial charge in [-0.05, 0) is 41.6 Å². The van der Waals surface area contributed by atoms with Crippen molar-refractivity contribution >= 4 is 56.7 Å². The highest BCUT2D eigenvalue weighted by Gasteiger charge is 2.31. The Hall–Kier alpha value is -1.31. The number of nitrogens with zero attached hydrogens (tertiary/aromatic N) is 2. The number of anilines is 2. The van der Waals surface area contributed by atoms with E-state index in [1.807, 2.05) is 6.20 Å². The van der Waals surface area contributed by atoms with Gasteiger partial charge in [-0.1, -0.05) is 0 Å². The van der Waals surface area contributed by atoms with Gasteiger partial charge in [-0.15, -0.1) is 12.4 Å². The lowest BCUT2D eigenvalue weighted by atomic mass is 10.1. The van der Waals surface area contributed by atoms with E-state index in [1.165, 1.54) is 0 Å². The van der Waals surface area contributed by atoms with Crippen molar-refractivity contribution in [3.63, 3.8) is 0 Å². The van der Waals surface area contributed by atoms with Crippen LogP contribution in [0.4, 0.5) is 11.4 Å². The summed E-state index contributed by atoms with van der Waals surface area (Å²) in [6, 6.07) is 0.183. The van der Waals surface area contributed by atoms with Gasteiger partial charge in [0.1, 0.15) is 5.65 Å². The number of nitrogens with one attached hydrogen (secondary N) is 2. The molecule has 4 N–H and O–H groups in total. The van der Waals surface area contributed by atoms with Crippen LogP contribution in [0.5, 0.6) is 0 Å². The predicted octanol–water partition coefficient (Wildman–Crippen LogP) is 3.02. The van der Waals surface area contributed by atoms with E-state index in [2.05, 4.69) is 36.1 Å².